The summed E-state index contributed by atoms with van der Waals surface area (Å²) < 4.78 is 26.3. The average molecular weight is 354 g/mol. The molecule has 4 N–H and O–H groups in total. The predicted octanol–water partition coefficient (Wildman–Crippen LogP) is 2.14. The van der Waals surface area contributed by atoms with Crippen LogP contribution < -0.4 is 16.0 Å². The molecule has 3 amide bonds. The summed E-state index contributed by atoms with van der Waals surface area (Å²) in [7, 11) is 0. The van der Waals surface area contributed by atoms with Gasteiger partial charge in [0.15, 0.2) is 17.7 Å². The number of urea groups is 1. The molecule has 0 unspecified atom stereocenters. The van der Waals surface area contributed by atoms with Crippen molar-refractivity contribution in [3.8, 4) is 0 Å². The van der Waals surface area contributed by atoms with E-state index in [1.54, 1.807) is 19.2 Å². The lowest BCUT2D eigenvalue weighted by molar-refractivity contribution is -0.710. The van der Waals surface area contributed by atoms with Crippen LogP contribution in [0.4, 0.5) is 13.6 Å². The summed E-state index contributed by atoms with van der Waals surface area (Å²) in [6.07, 6.45) is 5.25. The van der Waals surface area contributed by atoms with Gasteiger partial charge in [0.2, 0.25) is 0 Å². The van der Waals surface area contributed by atoms with Crippen molar-refractivity contribution in [2.45, 2.75) is 64.1 Å². The van der Waals surface area contributed by atoms with Crippen LogP contribution in [0.15, 0.2) is 18.2 Å². The Morgan fingerprint density at radius 2 is 1.80 bits per heavy atom. The Kier molecular flexibility index (Phi) is 6.87. The van der Waals surface area contributed by atoms with E-state index >= 15 is 0 Å². The van der Waals surface area contributed by atoms with Crippen molar-refractivity contribution in [2.75, 3.05) is 0 Å². The van der Waals surface area contributed by atoms with Crippen molar-refractivity contribution in [3.05, 3.63) is 35.4 Å². The molecule has 1 saturated carbocycles. The molecule has 5 nitrogen and oxygen atoms in total. The van der Waals surface area contributed by atoms with Crippen molar-refractivity contribution in [1.82, 2.24) is 10.6 Å². The van der Waals surface area contributed by atoms with Crippen LogP contribution in [-0.2, 0) is 4.79 Å². The second-order valence-corrected chi connectivity index (χ2v) is 6.74. The monoisotopic (exact) mass is 354 g/mol. The standard InChI is InChI=1S/C18H25F2N3O2/c1-11(13-8-9-15(19)16(20)10-13)21-12(2)17(24)23-18(25)22-14-6-4-3-5-7-14/h8-12,14,21H,3-7H2,1-2H3,(H2,22,23,24,25)/p+1/t11-,12-/m1/s1. The van der Waals surface area contributed by atoms with Crippen molar-refractivity contribution in [3.63, 3.8) is 0 Å². The Balaban J connectivity index is 1.82. The molecular formula is C18H26F2N3O2+. The maximum absolute atomic E-state index is 13.3. The number of halogens is 2. The molecule has 138 valence electrons. The number of rotatable bonds is 5. The minimum absolute atomic E-state index is 0.127. The summed E-state index contributed by atoms with van der Waals surface area (Å²) in [5.41, 5.74) is 0.574. The van der Waals surface area contributed by atoms with Gasteiger partial charge in [-0.3, -0.25) is 10.1 Å². The second-order valence-electron chi connectivity index (χ2n) is 6.74. The molecule has 0 bridgehead atoms. The molecule has 1 fully saturated rings. The zero-order chi connectivity index (χ0) is 18.4. The lowest BCUT2D eigenvalue weighted by Crippen LogP contribution is -2.92. The maximum Gasteiger partial charge on any atom is 0.321 e. The highest BCUT2D eigenvalue weighted by atomic mass is 19.2. The maximum atomic E-state index is 13.3. The molecule has 25 heavy (non-hydrogen) atoms. The number of carbonyl (C=O) groups is 2. The van der Waals surface area contributed by atoms with Crippen LogP contribution in [-0.4, -0.2) is 24.0 Å². The Labute approximate surface area is 146 Å². The van der Waals surface area contributed by atoms with Crippen LogP contribution in [0.25, 0.3) is 0 Å². The van der Waals surface area contributed by atoms with Gasteiger partial charge < -0.3 is 10.6 Å². The lowest BCUT2D eigenvalue weighted by Gasteiger charge is -2.23. The van der Waals surface area contributed by atoms with Crippen molar-refractivity contribution in [1.29, 1.82) is 0 Å². The normalized spacial score (nSPS) is 17.6. The highest BCUT2D eigenvalue weighted by molar-refractivity contribution is 5.96. The fourth-order valence-corrected chi connectivity index (χ4v) is 3.12. The Morgan fingerprint density at radius 3 is 2.44 bits per heavy atom. The molecule has 0 spiro atoms. The number of nitrogens with one attached hydrogen (secondary N) is 2. The number of imide groups is 1. The van der Waals surface area contributed by atoms with Crippen molar-refractivity contribution < 1.29 is 23.7 Å². The van der Waals surface area contributed by atoms with Gasteiger partial charge in [-0.2, -0.15) is 0 Å². The number of hydrogen-bond donors (Lipinski definition) is 3. The largest absolute Gasteiger partial charge is 0.335 e. The minimum Gasteiger partial charge on any atom is -0.335 e. The Hall–Kier alpha value is -2.02. The van der Waals surface area contributed by atoms with Crippen LogP contribution in [0.1, 0.15) is 57.6 Å². The van der Waals surface area contributed by atoms with Gasteiger partial charge in [-0.1, -0.05) is 19.3 Å². The molecule has 1 aromatic rings. The quantitative estimate of drug-likeness (QED) is 0.758. The zero-order valence-electron chi connectivity index (χ0n) is 14.6. The summed E-state index contributed by atoms with van der Waals surface area (Å²) >= 11 is 0. The van der Waals surface area contributed by atoms with E-state index in [0.717, 1.165) is 37.8 Å². The predicted molar refractivity (Wildman–Crippen MR) is 89.7 cm³/mol. The molecule has 0 saturated heterocycles. The molecular weight excluding hydrogens is 328 g/mol. The Morgan fingerprint density at radius 1 is 1.12 bits per heavy atom. The first-order valence-electron chi connectivity index (χ1n) is 8.78. The first-order valence-corrected chi connectivity index (χ1v) is 8.78. The van der Waals surface area contributed by atoms with E-state index < -0.39 is 29.6 Å². The Bertz CT molecular complexity index is 618. The van der Waals surface area contributed by atoms with Crippen molar-refractivity contribution >= 4 is 11.9 Å². The van der Waals surface area contributed by atoms with Gasteiger partial charge in [0.1, 0.15) is 6.04 Å². The molecule has 7 heteroatoms. The highest BCUT2D eigenvalue weighted by Gasteiger charge is 2.24. The molecule has 0 aromatic heterocycles. The first kappa shape index (κ1) is 19.3. The van der Waals surface area contributed by atoms with Crippen LogP contribution in [0.3, 0.4) is 0 Å². The summed E-state index contributed by atoms with van der Waals surface area (Å²) in [4.78, 5) is 24.1. The average Bonchev–Trinajstić information content (AvgIpc) is 2.57. The summed E-state index contributed by atoms with van der Waals surface area (Å²) in [6.45, 7) is 3.46. The molecule has 0 aliphatic heterocycles. The van der Waals surface area contributed by atoms with E-state index in [2.05, 4.69) is 10.6 Å². The van der Waals surface area contributed by atoms with Gasteiger partial charge in [-0.05, 0) is 44.9 Å². The van der Waals surface area contributed by atoms with E-state index in [1.807, 2.05) is 0 Å². The van der Waals surface area contributed by atoms with E-state index in [4.69, 9.17) is 0 Å². The smallest absolute Gasteiger partial charge is 0.321 e. The number of amides is 3. The third kappa shape index (κ3) is 5.77. The number of quaternary nitrogens is 1. The van der Waals surface area contributed by atoms with Gasteiger partial charge in [-0.25, -0.2) is 13.6 Å². The zero-order valence-corrected chi connectivity index (χ0v) is 14.6. The fraction of sp³-hybridized carbons (Fsp3) is 0.556. The number of hydrogen-bond acceptors (Lipinski definition) is 2. The molecule has 0 radical (unpaired) electrons. The molecule has 1 aliphatic rings. The number of carbonyl (C=O) groups excluding carboxylic acids is 2. The van der Waals surface area contributed by atoms with Gasteiger partial charge >= 0.3 is 6.03 Å². The number of benzene rings is 1. The lowest BCUT2D eigenvalue weighted by atomic mass is 9.96. The third-order valence-corrected chi connectivity index (χ3v) is 4.64. The van der Waals surface area contributed by atoms with E-state index in [1.165, 1.54) is 12.5 Å². The van der Waals surface area contributed by atoms with E-state index in [-0.39, 0.29) is 12.1 Å². The number of nitrogens with two attached hydrogens (primary N) is 1. The SMILES string of the molecule is C[C@@H]([NH2+][C@H](C)c1ccc(F)c(F)c1)C(=O)NC(=O)NC1CCCCC1. The first-order chi connectivity index (χ1) is 11.9. The highest BCUT2D eigenvalue weighted by Crippen LogP contribution is 2.17. The van der Waals surface area contributed by atoms with Crippen LogP contribution in [0, 0.1) is 11.6 Å². The third-order valence-electron chi connectivity index (χ3n) is 4.64. The molecule has 2 rings (SSSR count). The molecule has 1 aliphatic carbocycles. The fourth-order valence-electron chi connectivity index (χ4n) is 3.12. The van der Waals surface area contributed by atoms with Gasteiger partial charge in [0.05, 0.1) is 0 Å². The second kappa shape index (κ2) is 8.89. The summed E-state index contributed by atoms with van der Waals surface area (Å²) in [5, 5.41) is 6.88. The van der Waals surface area contributed by atoms with Crippen LogP contribution >= 0.6 is 0 Å². The van der Waals surface area contributed by atoms with E-state index in [9.17, 15) is 18.4 Å². The molecule has 1 aromatic carbocycles. The van der Waals surface area contributed by atoms with Gasteiger partial charge in [0.25, 0.3) is 5.91 Å². The molecule has 2 atom stereocenters. The van der Waals surface area contributed by atoms with Gasteiger partial charge in [0, 0.05) is 11.6 Å². The van der Waals surface area contributed by atoms with E-state index in [0.29, 0.717) is 5.56 Å². The van der Waals surface area contributed by atoms with Crippen LogP contribution in [0.5, 0.6) is 0 Å². The molecule has 0 heterocycles. The van der Waals surface area contributed by atoms with Crippen LogP contribution in [0.2, 0.25) is 0 Å². The summed E-state index contributed by atoms with van der Waals surface area (Å²) in [5.74, 6) is -2.23. The van der Waals surface area contributed by atoms with Crippen molar-refractivity contribution in [2.24, 2.45) is 0 Å². The topological polar surface area (TPSA) is 74.8 Å². The summed E-state index contributed by atoms with van der Waals surface area (Å²) in [6, 6.07) is 2.53. The van der Waals surface area contributed by atoms with Gasteiger partial charge in [-0.15, -0.1) is 0 Å². The minimum atomic E-state index is -0.915.